The number of thioether (sulfide) groups is 1. The van der Waals surface area contributed by atoms with Gasteiger partial charge < -0.3 is 10.2 Å². The molecule has 0 saturated carbocycles. The van der Waals surface area contributed by atoms with Gasteiger partial charge in [0.2, 0.25) is 5.89 Å². The Balaban J connectivity index is 1.94. The van der Waals surface area contributed by atoms with Crippen molar-refractivity contribution in [1.29, 1.82) is 0 Å². The number of rotatable bonds is 4. The molecule has 0 radical (unpaired) electrons. The number of hydrogen-bond donors (Lipinski definition) is 1. The van der Waals surface area contributed by atoms with E-state index in [4.69, 9.17) is 21.8 Å². The number of hydrogen-bond acceptors (Lipinski definition) is 5. The van der Waals surface area contributed by atoms with Crippen LogP contribution in [0, 0.1) is 0 Å². The normalized spacial score (nSPS) is 10.6. The summed E-state index contributed by atoms with van der Waals surface area (Å²) in [6.45, 7) is 0.272. The van der Waals surface area contributed by atoms with E-state index in [1.807, 2.05) is 24.3 Å². The minimum atomic E-state index is 0.272. The van der Waals surface area contributed by atoms with Crippen LogP contribution in [0.1, 0.15) is 11.5 Å². The van der Waals surface area contributed by atoms with Crippen LogP contribution >= 0.6 is 23.4 Å². The van der Waals surface area contributed by atoms with E-state index in [1.165, 1.54) is 11.8 Å². The topological polar surface area (TPSA) is 64.9 Å². The minimum absolute atomic E-state index is 0.272. The molecule has 1 aromatic carbocycles. The molecule has 0 aliphatic carbocycles. The first kappa shape index (κ1) is 11.4. The van der Waals surface area contributed by atoms with Crippen LogP contribution < -0.4 is 5.73 Å². The van der Waals surface area contributed by atoms with Crippen molar-refractivity contribution < 1.29 is 4.42 Å². The Bertz CT molecular complexity index is 457. The molecule has 0 atom stereocenters. The number of benzene rings is 1. The third-order valence-electron chi connectivity index (χ3n) is 1.90. The third kappa shape index (κ3) is 2.98. The summed E-state index contributed by atoms with van der Waals surface area (Å²) in [7, 11) is 0. The van der Waals surface area contributed by atoms with Crippen LogP contribution in [0.4, 0.5) is 0 Å². The zero-order chi connectivity index (χ0) is 11.4. The van der Waals surface area contributed by atoms with Gasteiger partial charge in [-0.25, -0.2) is 0 Å². The first-order valence-electron chi connectivity index (χ1n) is 4.67. The van der Waals surface area contributed by atoms with Gasteiger partial charge in [0.25, 0.3) is 5.22 Å². The summed E-state index contributed by atoms with van der Waals surface area (Å²) in [6, 6.07) is 7.65. The van der Waals surface area contributed by atoms with Crippen molar-refractivity contribution >= 4 is 23.4 Å². The van der Waals surface area contributed by atoms with Crippen molar-refractivity contribution in [1.82, 2.24) is 10.2 Å². The van der Waals surface area contributed by atoms with Crippen molar-refractivity contribution in [2.75, 3.05) is 0 Å². The molecule has 6 heteroatoms. The smallest absolute Gasteiger partial charge is 0.276 e. The second kappa shape index (κ2) is 5.34. The maximum Gasteiger partial charge on any atom is 0.276 e. The lowest BCUT2D eigenvalue weighted by atomic mass is 10.2. The Morgan fingerprint density at radius 3 is 2.62 bits per heavy atom. The van der Waals surface area contributed by atoms with Gasteiger partial charge in [-0.2, -0.15) is 0 Å². The minimum Gasteiger partial charge on any atom is -0.415 e. The Morgan fingerprint density at radius 1 is 1.25 bits per heavy atom. The molecular formula is C10H10ClN3OS. The summed E-state index contributed by atoms with van der Waals surface area (Å²) in [5, 5.41) is 8.91. The summed E-state index contributed by atoms with van der Waals surface area (Å²) < 4.78 is 5.27. The van der Waals surface area contributed by atoms with Gasteiger partial charge in [0.15, 0.2) is 0 Å². The molecule has 1 aromatic heterocycles. The number of nitrogens with zero attached hydrogens (tertiary/aromatic N) is 2. The predicted molar refractivity (Wildman–Crippen MR) is 63.2 cm³/mol. The van der Waals surface area contributed by atoms with E-state index in [9.17, 15) is 0 Å². The summed E-state index contributed by atoms with van der Waals surface area (Å²) in [4.78, 5) is 0. The van der Waals surface area contributed by atoms with E-state index in [1.54, 1.807) is 0 Å². The van der Waals surface area contributed by atoms with Crippen LogP contribution in [-0.2, 0) is 12.3 Å². The monoisotopic (exact) mass is 255 g/mol. The maximum atomic E-state index is 5.79. The van der Waals surface area contributed by atoms with Gasteiger partial charge in [-0.1, -0.05) is 35.5 Å². The first-order chi connectivity index (χ1) is 7.78. The number of nitrogens with two attached hydrogens (primary N) is 1. The van der Waals surface area contributed by atoms with Crippen LogP contribution in [0.15, 0.2) is 33.9 Å². The largest absolute Gasteiger partial charge is 0.415 e. The Morgan fingerprint density at radius 2 is 2.00 bits per heavy atom. The zero-order valence-electron chi connectivity index (χ0n) is 8.39. The van der Waals surface area contributed by atoms with E-state index in [0.29, 0.717) is 11.1 Å². The number of halogens is 1. The first-order valence-corrected chi connectivity index (χ1v) is 6.04. The second-order valence-corrected chi connectivity index (χ2v) is 4.44. The molecular weight excluding hydrogens is 246 g/mol. The lowest BCUT2D eigenvalue weighted by molar-refractivity contribution is 0.415. The molecule has 0 spiro atoms. The molecule has 0 aliphatic rings. The van der Waals surface area contributed by atoms with Crippen molar-refractivity contribution in [2.45, 2.75) is 17.5 Å². The molecule has 0 saturated heterocycles. The maximum absolute atomic E-state index is 5.79. The molecule has 0 unspecified atom stereocenters. The third-order valence-corrected chi connectivity index (χ3v) is 3.04. The SMILES string of the molecule is NCc1nnc(SCc2ccc(Cl)cc2)o1. The van der Waals surface area contributed by atoms with Gasteiger partial charge in [0.05, 0.1) is 6.54 Å². The molecule has 0 aliphatic heterocycles. The molecule has 2 N–H and O–H groups in total. The van der Waals surface area contributed by atoms with Gasteiger partial charge in [-0.15, -0.1) is 10.2 Å². The quantitative estimate of drug-likeness (QED) is 0.851. The summed E-state index contributed by atoms with van der Waals surface area (Å²) >= 11 is 7.27. The highest BCUT2D eigenvalue weighted by molar-refractivity contribution is 7.98. The van der Waals surface area contributed by atoms with Crippen LogP contribution in [0.2, 0.25) is 5.02 Å². The number of aromatic nitrogens is 2. The molecule has 1 heterocycles. The van der Waals surface area contributed by atoms with Gasteiger partial charge in [-0.3, -0.25) is 0 Å². The summed E-state index contributed by atoms with van der Waals surface area (Å²) in [5.41, 5.74) is 6.52. The zero-order valence-corrected chi connectivity index (χ0v) is 9.96. The molecule has 0 fully saturated rings. The van der Waals surface area contributed by atoms with Crippen molar-refractivity contribution in [3.63, 3.8) is 0 Å². The van der Waals surface area contributed by atoms with Gasteiger partial charge in [-0.05, 0) is 17.7 Å². The highest BCUT2D eigenvalue weighted by Crippen LogP contribution is 2.22. The van der Waals surface area contributed by atoms with Crippen LogP contribution in [0.3, 0.4) is 0 Å². The van der Waals surface area contributed by atoms with Crippen molar-refractivity contribution in [3.05, 3.63) is 40.7 Å². The van der Waals surface area contributed by atoms with Crippen LogP contribution in [-0.4, -0.2) is 10.2 Å². The van der Waals surface area contributed by atoms with Gasteiger partial charge in [0, 0.05) is 10.8 Å². The lowest BCUT2D eigenvalue weighted by Gasteiger charge is -1.97. The highest BCUT2D eigenvalue weighted by atomic mass is 35.5. The van der Waals surface area contributed by atoms with Gasteiger partial charge in [0.1, 0.15) is 0 Å². The average Bonchev–Trinajstić information content (AvgIpc) is 2.76. The predicted octanol–water partition coefficient (Wildman–Crippen LogP) is 2.47. The Hall–Kier alpha value is -1.04. The molecule has 0 bridgehead atoms. The summed E-state index contributed by atoms with van der Waals surface area (Å²) in [5.74, 6) is 1.22. The van der Waals surface area contributed by atoms with E-state index >= 15 is 0 Å². The van der Waals surface area contributed by atoms with E-state index in [-0.39, 0.29) is 6.54 Å². The van der Waals surface area contributed by atoms with Crippen LogP contribution in [0.5, 0.6) is 0 Å². The summed E-state index contributed by atoms with van der Waals surface area (Å²) in [6.07, 6.45) is 0. The fourth-order valence-corrected chi connectivity index (χ4v) is 1.97. The highest BCUT2D eigenvalue weighted by Gasteiger charge is 2.05. The van der Waals surface area contributed by atoms with Crippen molar-refractivity contribution in [2.24, 2.45) is 5.73 Å². The fraction of sp³-hybridized carbons (Fsp3) is 0.200. The molecule has 2 aromatic rings. The Kier molecular flexibility index (Phi) is 3.82. The molecule has 0 amide bonds. The standard InChI is InChI=1S/C10H10ClN3OS/c11-8-3-1-7(2-4-8)6-16-10-14-13-9(5-12)15-10/h1-4H,5-6,12H2. The average molecular weight is 256 g/mol. The lowest BCUT2D eigenvalue weighted by Crippen LogP contribution is -1.95. The molecule has 2 rings (SSSR count). The molecule has 84 valence electrons. The van der Waals surface area contributed by atoms with Crippen molar-refractivity contribution in [3.8, 4) is 0 Å². The Labute approximate surface area is 102 Å². The second-order valence-electron chi connectivity index (χ2n) is 3.08. The fourth-order valence-electron chi connectivity index (χ4n) is 1.10. The molecule has 16 heavy (non-hydrogen) atoms. The van der Waals surface area contributed by atoms with E-state index in [2.05, 4.69) is 10.2 Å². The molecule has 4 nitrogen and oxygen atoms in total. The van der Waals surface area contributed by atoms with E-state index < -0.39 is 0 Å². The van der Waals surface area contributed by atoms with E-state index in [0.717, 1.165) is 16.3 Å². The van der Waals surface area contributed by atoms with Crippen LogP contribution in [0.25, 0.3) is 0 Å². The van der Waals surface area contributed by atoms with Gasteiger partial charge >= 0.3 is 0 Å².